The van der Waals surface area contributed by atoms with Crippen LogP contribution in [0.5, 0.6) is 0 Å². The first kappa shape index (κ1) is 25.6. The van der Waals surface area contributed by atoms with Gasteiger partial charge in [0.25, 0.3) is 10.0 Å². The number of hydrogen-bond acceptors (Lipinski definition) is 7. The summed E-state index contributed by atoms with van der Waals surface area (Å²) < 4.78 is 71.5. The number of nitrogens with zero attached hydrogens (tertiary/aromatic N) is 3. The van der Waals surface area contributed by atoms with E-state index in [1.54, 1.807) is 19.3 Å². The smallest absolute Gasteiger partial charge is 0.267 e. The van der Waals surface area contributed by atoms with Crippen LogP contribution in [-0.4, -0.2) is 30.4 Å². The largest absolute Gasteiger partial charge is 0.357 e. The SMILES string of the molecule is CNc1nccc(-c2sc(C(C)(C)C)nc2-c2cccc(NS(=O)(=O)c3c(F)cccc3F)c2F)n1. The Balaban J connectivity index is 1.85. The van der Waals surface area contributed by atoms with Crippen molar-refractivity contribution < 1.29 is 21.6 Å². The van der Waals surface area contributed by atoms with Gasteiger partial charge in [0.2, 0.25) is 5.95 Å². The molecule has 4 aromatic rings. The second-order valence-electron chi connectivity index (χ2n) is 8.79. The Bertz CT molecular complexity index is 1530. The molecule has 2 heterocycles. The summed E-state index contributed by atoms with van der Waals surface area (Å²) in [5.74, 6) is -3.18. The summed E-state index contributed by atoms with van der Waals surface area (Å²) in [5, 5.41) is 3.56. The maximum absolute atomic E-state index is 15.8. The highest BCUT2D eigenvalue weighted by Gasteiger charge is 2.28. The zero-order valence-corrected chi connectivity index (χ0v) is 21.4. The molecule has 4 rings (SSSR count). The minimum atomic E-state index is -4.77. The van der Waals surface area contributed by atoms with E-state index in [2.05, 4.69) is 20.3 Å². The van der Waals surface area contributed by atoms with Gasteiger partial charge in [0.05, 0.1) is 27.0 Å². The third-order valence-electron chi connectivity index (χ3n) is 5.07. The maximum Gasteiger partial charge on any atom is 0.267 e. The Hall–Kier alpha value is -3.51. The van der Waals surface area contributed by atoms with Crippen molar-refractivity contribution >= 4 is 33.0 Å². The second-order valence-corrected chi connectivity index (χ2v) is 11.4. The van der Waals surface area contributed by atoms with Crippen molar-refractivity contribution in [2.24, 2.45) is 0 Å². The first-order valence-corrected chi connectivity index (χ1v) is 13.0. The van der Waals surface area contributed by atoms with E-state index in [0.717, 1.165) is 24.3 Å². The molecular weight excluding hydrogens is 511 g/mol. The molecule has 0 aliphatic carbocycles. The molecule has 0 saturated carbocycles. The first-order chi connectivity index (χ1) is 16.9. The van der Waals surface area contributed by atoms with Gasteiger partial charge in [-0.3, -0.25) is 4.72 Å². The van der Waals surface area contributed by atoms with E-state index in [9.17, 15) is 17.2 Å². The highest BCUT2D eigenvalue weighted by Crippen LogP contribution is 2.42. The van der Waals surface area contributed by atoms with Gasteiger partial charge in [-0.25, -0.2) is 36.5 Å². The fourth-order valence-electron chi connectivity index (χ4n) is 3.33. The van der Waals surface area contributed by atoms with Crippen LogP contribution >= 0.6 is 11.3 Å². The van der Waals surface area contributed by atoms with Crippen LogP contribution < -0.4 is 10.0 Å². The van der Waals surface area contributed by atoms with Crippen LogP contribution in [0.4, 0.5) is 24.8 Å². The summed E-state index contributed by atoms with van der Waals surface area (Å²) >= 11 is 1.33. The van der Waals surface area contributed by atoms with Crippen LogP contribution in [0.1, 0.15) is 25.8 Å². The van der Waals surface area contributed by atoms with Gasteiger partial charge in [-0.05, 0) is 30.3 Å². The van der Waals surface area contributed by atoms with Gasteiger partial charge in [0, 0.05) is 24.2 Å². The lowest BCUT2D eigenvalue weighted by atomic mass is 9.98. The van der Waals surface area contributed by atoms with Gasteiger partial charge in [0.1, 0.15) is 11.6 Å². The standard InChI is InChI=1S/C24H22F3N5O2S2/c1-24(2,3)22-31-19(20(35-22)17-11-12-29-23(28-4)30-17)13-7-5-10-16(18(13)27)32-36(33,34)21-14(25)8-6-9-15(21)26/h5-12,32H,1-4H3,(H,28,29,30). The van der Waals surface area contributed by atoms with Crippen LogP contribution in [-0.2, 0) is 15.4 Å². The molecule has 188 valence electrons. The van der Waals surface area contributed by atoms with Crippen LogP contribution in [0.2, 0.25) is 0 Å². The zero-order chi connectivity index (χ0) is 26.3. The number of sulfonamides is 1. The molecule has 0 aliphatic rings. The molecular formula is C24H22F3N5O2S2. The molecule has 0 unspecified atom stereocenters. The quantitative estimate of drug-likeness (QED) is 0.324. The van der Waals surface area contributed by atoms with Gasteiger partial charge in [-0.1, -0.05) is 32.9 Å². The molecule has 0 spiro atoms. The molecule has 0 radical (unpaired) electrons. The lowest BCUT2D eigenvalue weighted by molar-refractivity contribution is 0.521. The fraction of sp³-hybridized carbons (Fsp3) is 0.208. The molecule has 0 fully saturated rings. The van der Waals surface area contributed by atoms with Crippen molar-refractivity contribution in [2.75, 3.05) is 17.1 Å². The van der Waals surface area contributed by atoms with Gasteiger partial charge in [-0.15, -0.1) is 11.3 Å². The summed E-state index contributed by atoms with van der Waals surface area (Å²) in [5.41, 5.74) is -0.104. The summed E-state index contributed by atoms with van der Waals surface area (Å²) in [6, 6.07) is 8.34. The summed E-state index contributed by atoms with van der Waals surface area (Å²) in [7, 11) is -3.10. The molecule has 2 aromatic carbocycles. The van der Waals surface area contributed by atoms with Gasteiger partial charge in [-0.2, -0.15) is 0 Å². The van der Waals surface area contributed by atoms with Crippen molar-refractivity contribution in [3.8, 4) is 21.8 Å². The highest BCUT2D eigenvalue weighted by atomic mass is 32.2. The van der Waals surface area contributed by atoms with Crippen molar-refractivity contribution in [1.82, 2.24) is 15.0 Å². The van der Waals surface area contributed by atoms with Crippen LogP contribution in [0, 0.1) is 17.5 Å². The zero-order valence-electron chi connectivity index (χ0n) is 19.7. The molecule has 0 aliphatic heterocycles. The Kier molecular flexibility index (Phi) is 6.76. The summed E-state index contributed by atoms with van der Waals surface area (Å²) in [6.45, 7) is 5.88. The number of rotatable bonds is 6. The lowest BCUT2D eigenvalue weighted by Crippen LogP contribution is -2.17. The predicted octanol–water partition coefficient (Wildman–Crippen LogP) is 5.82. The van der Waals surface area contributed by atoms with E-state index >= 15 is 4.39 Å². The van der Waals surface area contributed by atoms with Crippen molar-refractivity contribution in [3.63, 3.8) is 0 Å². The molecule has 12 heteroatoms. The maximum atomic E-state index is 15.8. The van der Waals surface area contributed by atoms with Gasteiger partial charge >= 0.3 is 0 Å². The molecule has 0 amide bonds. The van der Waals surface area contributed by atoms with Gasteiger partial charge < -0.3 is 5.32 Å². The topological polar surface area (TPSA) is 96.9 Å². The number of aromatic nitrogens is 3. The number of thiazole rings is 1. The Morgan fingerprint density at radius 2 is 1.61 bits per heavy atom. The molecule has 36 heavy (non-hydrogen) atoms. The fourth-order valence-corrected chi connectivity index (χ4v) is 5.64. The van der Waals surface area contributed by atoms with Crippen molar-refractivity contribution in [2.45, 2.75) is 31.1 Å². The summed E-state index contributed by atoms with van der Waals surface area (Å²) in [6.07, 6.45) is 1.55. The van der Waals surface area contributed by atoms with E-state index in [4.69, 9.17) is 0 Å². The normalized spacial score (nSPS) is 12.0. The number of hydrogen-bond donors (Lipinski definition) is 2. The molecule has 2 aromatic heterocycles. The average Bonchev–Trinajstić information content (AvgIpc) is 3.26. The number of nitrogens with one attached hydrogen (secondary N) is 2. The minimum absolute atomic E-state index is 0.00410. The predicted molar refractivity (Wildman–Crippen MR) is 134 cm³/mol. The van der Waals surface area contributed by atoms with Crippen LogP contribution in [0.15, 0.2) is 53.6 Å². The van der Waals surface area contributed by atoms with Crippen molar-refractivity contribution in [3.05, 3.63) is 71.1 Å². The molecule has 0 bridgehead atoms. The lowest BCUT2D eigenvalue weighted by Gasteiger charge is -2.14. The Morgan fingerprint density at radius 1 is 0.944 bits per heavy atom. The third kappa shape index (κ3) is 4.91. The van der Waals surface area contributed by atoms with E-state index in [1.165, 1.54) is 23.5 Å². The summed E-state index contributed by atoms with van der Waals surface area (Å²) in [4.78, 5) is 12.6. The van der Waals surface area contributed by atoms with E-state index in [-0.39, 0.29) is 16.7 Å². The average molecular weight is 534 g/mol. The van der Waals surface area contributed by atoms with E-state index < -0.39 is 38.1 Å². The number of halogens is 3. The Labute approximate surface area is 210 Å². The molecule has 7 nitrogen and oxygen atoms in total. The molecule has 0 saturated heterocycles. The van der Waals surface area contributed by atoms with E-state index in [0.29, 0.717) is 21.5 Å². The minimum Gasteiger partial charge on any atom is -0.357 e. The van der Waals surface area contributed by atoms with Gasteiger partial charge in [0.15, 0.2) is 10.7 Å². The monoisotopic (exact) mass is 533 g/mol. The Morgan fingerprint density at radius 3 is 2.25 bits per heavy atom. The van der Waals surface area contributed by atoms with E-state index in [1.807, 2.05) is 25.5 Å². The first-order valence-electron chi connectivity index (χ1n) is 10.7. The highest BCUT2D eigenvalue weighted by molar-refractivity contribution is 7.92. The molecule has 0 atom stereocenters. The third-order valence-corrected chi connectivity index (χ3v) is 7.99. The van der Waals surface area contributed by atoms with Crippen LogP contribution in [0.25, 0.3) is 21.8 Å². The van der Waals surface area contributed by atoms with Crippen molar-refractivity contribution in [1.29, 1.82) is 0 Å². The second kappa shape index (κ2) is 9.51. The van der Waals surface area contributed by atoms with Crippen LogP contribution in [0.3, 0.4) is 0 Å². The molecule has 2 N–H and O–H groups in total. The number of benzene rings is 2. The number of anilines is 2.